The molecule has 11 heavy (non-hydrogen) atoms. The van der Waals surface area contributed by atoms with E-state index in [1.807, 2.05) is 0 Å². The minimum atomic E-state index is -0.332. The summed E-state index contributed by atoms with van der Waals surface area (Å²) in [6.07, 6.45) is 2.23. The standard InChI is InChI=1S/C9H12FN/c1-7(2)6-8-4-3-5-11-9(8)10/h3-5,7H,6H2,1-2H3. The van der Waals surface area contributed by atoms with Crippen molar-refractivity contribution >= 4 is 0 Å². The minimum Gasteiger partial charge on any atom is -0.228 e. The average molecular weight is 153 g/mol. The lowest BCUT2D eigenvalue weighted by molar-refractivity contribution is 0.542. The van der Waals surface area contributed by atoms with E-state index >= 15 is 0 Å². The van der Waals surface area contributed by atoms with Crippen LogP contribution in [0.5, 0.6) is 0 Å². The summed E-state index contributed by atoms with van der Waals surface area (Å²) in [5, 5.41) is 0. The van der Waals surface area contributed by atoms with Gasteiger partial charge in [0.05, 0.1) is 0 Å². The van der Waals surface area contributed by atoms with Crippen molar-refractivity contribution in [1.82, 2.24) is 4.98 Å². The van der Waals surface area contributed by atoms with Crippen LogP contribution in [-0.4, -0.2) is 4.98 Å². The second-order valence-corrected chi connectivity index (χ2v) is 3.05. The van der Waals surface area contributed by atoms with Gasteiger partial charge in [0.25, 0.3) is 0 Å². The second kappa shape index (κ2) is 3.46. The fraction of sp³-hybridized carbons (Fsp3) is 0.444. The summed E-state index contributed by atoms with van der Waals surface area (Å²) < 4.78 is 12.8. The van der Waals surface area contributed by atoms with Crippen LogP contribution in [0.4, 0.5) is 4.39 Å². The zero-order chi connectivity index (χ0) is 8.27. The number of aromatic nitrogens is 1. The predicted molar refractivity (Wildman–Crippen MR) is 42.7 cm³/mol. The summed E-state index contributed by atoms with van der Waals surface area (Å²) >= 11 is 0. The molecule has 0 bridgehead atoms. The Hall–Kier alpha value is -0.920. The van der Waals surface area contributed by atoms with Crippen LogP contribution in [0.15, 0.2) is 18.3 Å². The largest absolute Gasteiger partial charge is 0.228 e. The van der Waals surface area contributed by atoms with Gasteiger partial charge in [-0.2, -0.15) is 4.39 Å². The first-order valence-electron chi connectivity index (χ1n) is 3.79. The first kappa shape index (κ1) is 8.18. The molecule has 0 saturated carbocycles. The van der Waals surface area contributed by atoms with Crippen molar-refractivity contribution in [1.29, 1.82) is 0 Å². The zero-order valence-electron chi connectivity index (χ0n) is 6.84. The Morgan fingerprint density at radius 1 is 1.55 bits per heavy atom. The Kier molecular flexibility index (Phi) is 2.58. The number of hydrogen-bond acceptors (Lipinski definition) is 1. The van der Waals surface area contributed by atoms with Gasteiger partial charge >= 0.3 is 0 Å². The van der Waals surface area contributed by atoms with E-state index in [1.54, 1.807) is 12.1 Å². The second-order valence-electron chi connectivity index (χ2n) is 3.05. The molecule has 1 aromatic rings. The molecule has 0 atom stereocenters. The molecule has 0 radical (unpaired) electrons. The van der Waals surface area contributed by atoms with Crippen LogP contribution in [0.1, 0.15) is 19.4 Å². The molecule has 0 aromatic carbocycles. The first-order valence-corrected chi connectivity index (χ1v) is 3.79. The van der Waals surface area contributed by atoms with E-state index < -0.39 is 0 Å². The highest BCUT2D eigenvalue weighted by atomic mass is 19.1. The lowest BCUT2D eigenvalue weighted by atomic mass is 10.0. The topological polar surface area (TPSA) is 12.9 Å². The van der Waals surface area contributed by atoms with Crippen LogP contribution in [0, 0.1) is 11.9 Å². The SMILES string of the molecule is CC(C)Cc1cccnc1F. The number of rotatable bonds is 2. The maximum absolute atomic E-state index is 12.8. The van der Waals surface area contributed by atoms with Crippen LogP contribution in [0.25, 0.3) is 0 Å². The molecule has 0 fully saturated rings. The van der Waals surface area contributed by atoms with Crippen molar-refractivity contribution < 1.29 is 4.39 Å². The normalized spacial score (nSPS) is 10.5. The van der Waals surface area contributed by atoms with Gasteiger partial charge in [-0.25, -0.2) is 4.98 Å². The van der Waals surface area contributed by atoms with Gasteiger partial charge in [0.2, 0.25) is 5.95 Å². The molecule has 2 heteroatoms. The highest BCUT2D eigenvalue weighted by molar-refractivity contribution is 5.10. The molecule has 60 valence electrons. The van der Waals surface area contributed by atoms with E-state index in [0.29, 0.717) is 11.5 Å². The third-order valence-electron chi connectivity index (χ3n) is 1.46. The Morgan fingerprint density at radius 3 is 2.82 bits per heavy atom. The molecular weight excluding hydrogens is 141 g/mol. The van der Waals surface area contributed by atoms with E-state index in [0.717, 1.165) is 6.42 Å². The van der Waals surface area contributed by atoms with Gasteiger partial charge in [0, 0.05) is 11.8 Å². The maximum atomic E-state index is 12.8. The smallest absolute Gasteiger partial charge is 0.216 e. The Labute approximate surface area is 66.3 Å². The number of halogens is 1. The van der Waals surface area contributed by atoms with Gasteiger partial charge in [0.15, 0.2) is 0 Å². The quantitative estimate of drug-likeness (QED) is 0.594. The molecule has 1 aromatic heterocycles. The molecule has 0 spiro atoms. The summed E-state index contributed by atoms with van der Waals surface area (Å²) in [7, 11) is 0. The molecule has 1 heterocycles. The Bertz CT molecular complexity index is 233. The van der Waals surface area contributed by atoms with E-state index in [1.165, 1.54) is 6.20 Å². The predicted octanol–water partition coefficient (Wildman–Crippen LogP) is 2.42. The highest BCUT2D eigenvalue weighted by Gasteiger charge is 2.03. The van der Waals surface area contributed by atoms with E-state index in [9.17, 15) is 4.39 Å². The molecule has 1 rings (SSSR count). The van der Waals surface area contributed by atoms with Crippen LogP contribution in [0.2, 0.25) is 0 Å². The van der Waals surface area contributed by atoms with Gasteiger partial charge in [-0.05, 0) is 18.4 Å². The monoisotopic (exact) mass is 153 g/mol. The summed E-state index contributed by atoms with van der Waals surface area (Å²) in [4.78, 5) is 3.57. The number of nitrogens with zero attached hydrogens (tertiary/aromatic N) is 1. The fourth-order valence-corrected chi connectivity index (χ4v) is 1.01. The fourth-order valence-electron chi connectivity index (χ4n) is 1.01. The summed E-state index contributed by atoms with van der Waals surface area (Å²) in [5.74, 6) is 0.148. The van der Waals surface area contributed by atoms with E-state index in [4.69, 9.17) is 0 Å². The van der Waals surface area contributed by atoms with Crippen LogP contribution in [-0.2, 0) is 6.42 Å². The van der Waals surface area contributed by atoms with Crippen LogP contribution >= 0.6 is 0 Å². The van der Waals surface area contributed by atoms with Crippen LogP contribution < -0.4 is 0 Å². The summed E-state index contributed by atoms with van der Waals surface area (Å²) in [6, 6.07) is 3.54. The maximum Gasteiger partial charge on any atom is 0.216 e. The highest BCUT2D eigenvalue weighted by Crippen LogP contribution is 2.09. The van der Waals surface area contributed by atoms with Crippen molar-refractivity contribution in [3.8, 4) is 0 Å². The first-order chi connectivity index (χ1) is 5.20. The number of pyridine rings is 1. The van der Waals surface area contributed by atoms with Gasteiger partial charge in [-0.15, -0.1) is 0 Å². The molecule has 0 amide bonds. The Balaban J connectivity index is 2.78. The van der Waals surface area contributed by atoms with Gasteiger partial charge in [0.1, 0.15) is 0 Å². The molecular formula is C9H12FN. The van der Waals surface area contributed by atoms with Crippen molar-refractivity contribution in [2.24, 2.45) is 5.92 Å². The lowest BCUT2D eigenvalue weighted by Gasteiger charge is -2.03. The third kappa shape index (κ3) is 2.30. The third-order valence-corrected chi connectivity index (χ3v) is 1.46. The molecule has 0 N–H and O–H groups in total. The molecule has 0 aliphatic rings. The zero-order valence-corrected chi connectivity index (χ0v) is 6.84. The number of hydrogen-bond donors (Lipinski definition) is 0. The minimum absolute atomic E-state index is 0.332. The van der Waals surface area contributed by atoms with Crippen molar-refractivity contribution in [3.05, 3.63) is 29.8 Å². The molecule has 0 unspecified atom stereocenters. The van der Waals surface area contributed by atoms with Crippen LogP contribution in [0.3, 0.4) is 0 Å². The van der Waals surface area contributed by atoms with Crippen molar-refractivity contribution in [2.45, 2.75) is 20.3 Å². The van der Waals surface area contributed by atoms with Gasteiger partial charge in [-0.1, -0.05) is 19.9 Å². The Morgan fingerprint density at radius 2 is 2.27 bits per heavy atom. The molecule has 0 aliphatic heterocycles. The average Bonchev–Trinajstić information content (AvgIpc) is 1.93. The lowest BCUT2D eigenvalue weighted by Crippen LogP contribution is -1.98. The van der Waals surface area contributed by atoms with Gasteiger partial charge in [-0.3, -0.25) is 0 Å². The van der Waals surface area contributed by atoms with Crippen molar-refractivity contribution in [3.63, 3.8) is 0 Å². The van der Waals surface area contributed by atoms with E-state index in [2.05, 4.69) is 18.8 Å². The summed E-state index contributed by atoms with van der Waals surface area (Å²) in [6.45, 7) is 4.12. The molecule has 1 nitrogen and oxygen atoms in total. The summed E-state index contributed by atoms with van der Waals surface area (Å²) in [5.41, 5.74) is 0.711. The van der Waals surface area contributed by atoms with Gasteiger partial charge < -0.3 is 0 Å². The van der Waals surface area contributed by atoms with E-state index in [-0.39, 0.29) is 5.95 Å². The molecule has 0 saturated heterocycles. The molecule has 0 aliphatic carbocycles. The van der Waals surface area contributed by atoms with Crippen molar-refractivity contribution in [2.75, 3.05) is 0 Å².